The van der Waals surface area contributed by atoms with E-state index in [1.807, 2.05) is 24.9 Å². The Kier molecular flexibility index (Phi) is 7.44. The average molecular weight is 714 g/mol. The van der Waals surface area contributed by atoms with Gasteiger partial charge in [0.2, 0.25) is 5.91 Å². The lowest BCUT2D eigenvalue weighted by molar-refractivity contribution is -0.149. The largest absolute Gasteiger partial charge is 0.459 e. The number of aromatic nitrogens is 2. The van der Waals surface area contributed by atoms with Gasteiger partial charge in [-0.25, -0.2) is 17.6 Å². The number of rotatable bonds is 6. The molecule has 15 heteroatoms. The van der Waals surface area contributed by atoms with Crippen LogP contribution in [0.5, 0.6) is 6.01 Å². The minimum absolute atomic E-state index is 0.0173. The van der Waals surface area contributed by atoms with Crippen molar-refractivity contribution in [2.45, 2.75) is 62.6 Å². The molecule has 1 amide bonds. The van der Waals surface area contributed by atoms with Crippen molar-refractivity contribution in [3.05, 3.63) is 40.4 Å². The summed E-state index contributed by atoms with van der Waals surface area (Å²) in [7, 11) is 2.02. The zero-order chi connectivity index (χ0) is 34.6. The van der Waals surface area contributed by atoms with Gasteiger partial charge in [0.1, 0.15) is 40.2 Å². The Labute approximate surface area is 288 Å². The lowest BCUT2D eigenvalue weighted by atomic mass is 9.83. The molecule has 1 unspecified atom stereocenters. The lowest BCUT2D eigenvalue weighted by Gasteiger charge is -2.50. The maximum atomic E-state index is 17.0. The van der Waals surface area contributed by atoms with E-state index in [1.54, 1.807) is 11.0 Å². The van der Waals surface area contributed by atoms with E-state index in [2.05, 4.69) is 9.88 Å². The second-order valence-corrected chi connectivity index (χ2v) is 15.2. The van der Waals surface area contributed by atoms with Crippen molar-refractivity contribution in [1.29, 1.82) is 5.26 Å². The minimum atomic E-state index is -2.96. The lowest BCUT2D eigenvalue weighted by Crippen LogP contribution is -2.64. The molecule has 49 heavy (non-hydrogen) atoms. The third kappa shape index (κ3) is 4.99. The maximum absolute atomic E-state index is 17.0. The summed E-state index contributed by atoms with van der Waals surface area (Å²) in [5.74, 6) is -5.84. The molecule has 4 atom stereocenters. The van der Waals surface area contributed by atoms with Gasteiger partial charge in [-0.05, 0) is 63.9 Å². The second-order valence-electron chi connectivity index (χ2n) is 13.7. The molecule has 4 aliphatic rings. The number of thiophene rings is 1. The van der Waals surface area contributed by atoms with Gasteiger partial charge in [0, 0.05) is 48.4 Å². The predicted octanol–water partition coefficient (Wildman–Crippen LogP) is 6.59. The number of nitrogens with two attached hydrogens (primary N) is 1. The monoisotopic (exact) mass is 713 g/mol. The molecule has 1 spiro atoms. The molecule has 1 saturated carbocycles. The molecule has 4 aromatic rings. The molecule has 3 saturated heterocycles. The minimum Gasteiger partial charge on any atom is -0.459 e. The number of benzene rings is 2. The summed E-state index contributed by atoms with van der Waals surface area (Å²) in [4.78, 5) is 28.0. The number of nitrogen functional groups attached to an aromatic ring is 1. The molecular formula is C34H32ClF4N7O2S. The van der Waals surface area contributed by atoms with Gasteiger partial charge >= 0.3 is 6.01 Å². The Hall–Kier alpha value is -3.93. The quantitative estimate of drug-likeness (QED) is 0.223. The van der Waals surface area contributed by atoms with Crippen LogP contribution in [-0.2, 0) is 4.79 Å². The van der Waals surface area contributed by atoms with Gasteiger partial charge in [-0.1, -0.05) is 17.7 Å². The molecule has 2 aromatic heterocycles. The molecule has 3 aliphatic heterocycles. The highest BCUT2D eigenvalue weighted by Crippen LogP contribution is 2.53. The smallest absolute Gasteiger partial charge is 0.319 e. The Bertz CT molecular complexity index is 2110. The Balaban J connectivity index is 1.24. The molecule has 2 N–H and O–H groups in total. The molecule has 0 bridgehead atoms. The SMILES string of the molecule is C[C@H](Oc1nc(N2CC[C@@]3(CCN3C(=O)C3CC3(F)F)C2)c2cc(Cl)c(-c3ccc(F)c4sc(N)c(C#N)c34)c(F)c2n1)[C@@H]1CCCN1C. The molecule has 1 aliphatic carbocycles. The topological polar surface area (TPSA) is 112 Å². The summed E-state index contributed by atoms with van der Waals surface area (Å²) in [6.45, 7) is 3.97. The van der Waals surface area contributed by atoms with Crippen LogP contribution in [0.1, 0.15) is 44.6 Å². The number of hydrogen-bond donors (Lipinski definition) is 1. The van der Waals surface area contributed by atoms with Crippen molar-refractivity contribution in [2.24, 2.45) is 5.92 Å². The van der Waals surface area contributed by atoms with Gasteiger partial charge in [-0.2, -0.15) is 15.2 Å². The van der Waals surface area contributed by atoms with E-state index < -0.39 is 41.3 Å². The number of nitriles is 1. The van der Waals surface area contributed by atoms with Gasteiger partial charge in [0.05, 0.1) is 20.8 Å². The predicted molar refractivity (Wildman–Crippen MR) is 179 cm³/mol. The first-order chi connectivity index (χ1) is 23.3. The third-order valence-electron chi connectivity index (χ3n) is 10.8. The van der Waals surface area contributed by atoms with Gasteiger partial charge in [-0.15, -0.1) is 11.3 Å². The van der Waals surface area contributed by atoms with E-state index in [4.69, 9.17) is 27.1 Å². The number of halogens is 5. The van der Waals surface area contributed by atoms with Crippen LogP contribution in [0.25, 0.3) is 32.1 Å². The van der Waals surface area contributed by atoms with Crippen LogP contribution in [0.2, 0.25) is 5.02 Å². The molecular weight excluding hydrogens is 682 g/mol. The zero-order valence-corrected chi connectivity index (χ0v) is 28.3. The van der Waals surface area contributed by atoms with Gasteiger partial charge < -0.3 is 20.3 Å². The summed E-state index contributed by atoms with van der Waals surface area (Å²) >= 11 is 7.74. The fourth-order valence-corrected chi connectivity index (χ4v) is 9.24. The van der Waals surface area contributed by atoms with Crippen molar-refractivity contribution in [1.82, 2.24) is 19.8 Å². The zero-order valence-electron chi connectivity index (χ0n) is 26.7. The number of likely N-dealkylation sites (N-methyl/N-ethyl adjacent to an activating group) is 1. The van der Waals surface area contributed by atoms with E-state index in [1.165, 1.54) is 12.1 Å². The van der Waals surface area contributed by atoms with Gasteiger partial charge in [0.25, 0.3) is 5.92 Å². The fourth-order valence-electron chi connectivity index (χ4n) is 8.00. The number of alkyl halides is 2. The molecule has 256 valence electrons. The highest BCUT2D eigenvalue weighted by atomic mass is 35.5. The summed E-state index contributed by atoms with van der Waals surface area (Å²) < 4.78 is 66.0. The first-order valence-corrected chi connectivity index (χ1v) is 17.4. The number of carbonyl (C=O) groups excluding carboxylic acids is 1. The highest BCUT2D eigenvalue weighted by molar-refractivity contribution is 7.23. The second kappa shape index (κ2) is 11.3. The van der Waals surface area contributed by atoms with Gasteiger partial charge in [0.15, 0.2) is 5.82 Å². The van der Waals surface area contributed by atoms with Crippen molar-refractivity contribution in [3.8, 4) is 23.2 Å². The first kappa shape index (κ1) is 32.3. The summed E-state index contributed by atoms with van der Waals surface area (Å²) in [6, 6.07) is 6.15. The molecule has 5 heterocycles. The fraction of sp³-hybridized carbons (Fsp3) is 0.471. The van der Waals surface area contributed by atoms with Crippen LogP contribution in [0.3, 0.4) is 0 Å². The van der Waals surface area contributed by atoms with Crippen LogP contribution >= 0.6 is 22.9 Å². The van der Waals surface area contributed by atoms with Crippen LogP contribution in [-0.4, -0.2) is 82.5 Å². The number of amides is 1. The van der Waals surface area contributed by atoms with E-state index in [9.17, 15) is 23.2 Å². The van der Waals surface area contributed by atoms with Crippen molar-refractivity contribution in [2.75, 3.05) is 43.9 Å². The van der Waals surface area contributed by atoms with Crippen LogP contribution < -0.4 is 15.4 Å². The van der Waals surface area contributed by atoms with E-state index >= 15 is 4.39 Å². The molecule has 2 aromatic carbocycles. The molecule has 8 rings (SSSR count). The molecule has 4 fully saturated rings. The van der Waals surface area contributed by atoms with E-state index in [0.717, 1.165) is 30.7 Å². The summed E-state index contributed by atoms with van der Waals surface area (Å²) in [5, 5.41) is 10.4. The summed E-state index contributed by atoms with van der Waals surface area (Å²) in [5.41, 5.74) is 5.47. The number of fused-ring (bicyclic) bond motifs is 2. The molecule has 9 nitrogen and oxygen atoms in total. The maximum Gasteiger partial charge on any atom is 0.319 e. The first-order valence-electron chi connectivity index (χ1n) is 16.3. The van der Waals surface area contributed by atoms with Crippen LogP contribution in [0.15, 0.2) is 18.2 Å². The van der Waals surface area contributed by atoms with Crippen molar-refractivity contribution >= 4 is 60.7 Å². The van der Waals surface area contributed by atoms with Crippen molar-refractivity contribution < 1.29 is 27.1 Å². The number of ether oxygens (including phenoxy) is 1. The number of carbonyl (C=O) groups is 1. The number of likely N-dealkylation sites (tertiary alicyclic amines) is 2. The third-order valence-corrected chi connectivity index (χ3v) is 12.2. The number of nitrogens with zero attached hydrogens (tertiary/aromatic N) is 6. The van der Waals surface area contributed by atoms with Crippen LogP contribution in [0, 0.1) is 28.9 Å². The number of hydrogen-bond acceptors (Lipinski definition) is 9. The number of anilines is 2. The normalized spacial score (nSPS) is 25.3. The Morgan fingerprint density at radius 1 is 1.22 bits per heavy atom. The molecule has 0 radical (unpaired) electrons. The Morgan fingerprint density at radius 3 is 2.63 bits per heavy atom. The van der Waals surface area contributed by atoms with E-state index in [-0.39, 0.29) is 65.9 Å². The van der Waals surface area contributed by atoms with E-state index in [0.29, 0.717) is 38.3 Å². The van der Waals surface area contributed by atoms with Gasteiger partial charge in [-0.3, -0.25) is 9.69 Å². The standard InChI is InChI=1S/C34H32ClF4N7O2S/c1-16(23-4-3-9-44(23)2)48-32-42-27-18(30(43-32)45-10-7-33(15-45)8-11-46(33)31(47)20-13-34(20,38)39)12-21(35)25(26(27)37)17-5-6-22(36)28-24(17)19(14-40)29(41)49-28/h5-6,12,16,20,23H,3-4,7-11,13,15,41H2,1-2H3/t16-,20?,23-,33+/m0/s1. The average Bonchev–Trinajstić information content (AvgIpc) is 3.44. The van der Waals surface area contributed by atoms with Crippen molar-refractivity contribution in [3.63, 3.8) is 0 Å². The summed E-state index contributed by atoms with van der Waals surface area (Å²) in [6.07, 6.45) is 2.34. The Morgan fingerprint density at radius 2 is 1.98 bits per heavy atom. The highest BCUT2D eigenvalue weighted by Gasteiger charge is 2.65. The van der Waals surface area contributed by atoms with Crippen LogP contribution in [0.4, 0.5) is 28.4 Å².